The summed E-state index contributed by atoms with van der Waals surface area (Å²) in [6.45, 7) is 0. The number of rotatable bonds is 10. The monoisotopic (exact) mass is 683 g/mol. The van der Waals surface area contributed by atoms with Gasteiger partial charge in [0.05, 0.1) is 35.8 Å². The number of carbonyl (C=O) groups excluding carboxylic acids is 1. The Labute approximate surface area is 274 Å². The van der Waals surface area contributed by atoms with Gasteiger partial charge in [0.15, 0.2) is 15.7 Å². The molecule has 6 rings (SSSR count). The van der Waals surface area contributed by atoms with Gasteiger partial charge in [0.1, 0.15) is 5.56 Å². The van der Waals surface area contributed by atoms with Crippen LogP contribution in [0.15, 0.2) is 54.3 Å². The maximum Gasteiger partial charge on any atom is 0.419 e. The third-order valence-corrected chi connectivity index (χ3v) is 9.40. The number of aromatic nitrogens is 7. The summed E-state index contributed by atoms with van der Waals surface area (Å²) in [4.78, 5) is 44.2. The van der Waals surface area contributed by atoms with Crippen LogP contribution in [0, 0.1) is 5.92 Å². The number of carbonyl (C=O) groups is 1. The lowest BCUT2D eigenvalue weighted by Gasteiger charge is -2.36. The molecule has 0 bridgehead atoms. The van der Waals surface area contributed by atoms with Crippen molar-refractivity contribution >= 4 is 27.5 Å². The van der Waals surface area contributed by atoms with Crippen molar-refractivity contribution in [3.63, 3.8) is 0 Å². The molecular weight excluding hydrogens is 651 g/mol. The number of anilines is 2. The number of hydrogen-bond donors (Lipinski definition) is 1. The van der Waals surface area contributed by atoms with Gasteiger partial charge in [-0.1, -0.05) is 0 Å². The van der Waals surface area contributed by atoms with Crippen LogP contribution in [0.2, 0.25) is 0 Å². The van der Waals surface area contributed by atoms with E-state index in [0.717, 1.165) is 37.6 Å². The number of sulfone groups is 1. The number of methoxy groups -OCH3 is 1. The van der Waals surface area contributed by atoms with E-state index in [1.165, 1.54) is 7.11 Å². The molecule has 252 valence electrons. The molecule has 2 aliphatic rings. The smallest absolute Gasteiger partial charge is 0.419 e. The maximum absolute atomic E-state index is 13.9. The first-order chi connectivity index (χ1) is 22.9. The van der Waals surface area contributed by atoms with Crippen molar-refractivity contribution in [1.29, 1.82) is 0 Å². The molecule has 4 aromatic heterocycles. The third kappa shape index (κ3) is 7.67. The molecule has 1 amide bonds. The Bertz CT molecular complexity index is 1880. The van der Waals surface area contributed by atoms with Crippen molar-refractivity contribution in [2.75, 3.05) is 23.6 Å². The van der Waals surface area contributed by atoms with Crippen molar-refractivity contribution in [3.8, 4) is 28.5 Å². The zero-order valence-corrected chi connectivity index (χ0v) is 26.9. The number of ether oxygens (including phenoxy) is 1. The van der Waals surface area contributed by atoms with E-state index >= 15 is 0 Å². The summed E-state index contributed by atoms with van der Waals surface area (Å²) in [5.41, 5.74) is -0.507. The summed E-state index contributed by atoms with van der Waals surface area (Å²) >= 11 is 0. The van der Waals surface area contributed by atoms with Crippen LogP contribution in [0.25, 0.3) is 22.5 Å². The van der Waals surface area contributed by atoms with E-state index in [9.17, 15) is 26.4 Å². The van der Waals surface area contributed by atoms with Gasteiger partial charge in [0.25, 0.3) is 0 Å². The second-order valence-electron chi connectivity index (χ2n) is 11.9. The Balaban J connectivity index is 1.18. The first-order valence-corrected chi connectivity index (χ1v) is 17.1. The first kappa shape index (κ1) is 33.1. The van der Waals surface area contributed by atoms with E-state index in [4.69, 9.17) is 4.74 Å². The van der Waals surface area contributed by atoms with E-state index in [1.54, 1.807) is 29.7 Å². The molecule has 2 saturated carbocycles. The second-order valence-corrected chi connectivity index (χ2v) is 13.9. The van der Waals surface area contributed by atoms with Crippen LogP contribution < -0.4 is 15.0 Å². The lowest BCUT2D eigenvalue weighted by Crippen LogP contribution is -2.45. The highest BCUT2D eigenvalue weighted by Crippen LogP contribution is 2.38. The van der Waals surface area contributed by atoms with Crippen molar-refractivity contribution in [2.24, 2.45) is 5.92 Å². The number of pyridine rings is 1. The van der Waals surface area contributed by atoms with Crippen LogP contribution in [0.4, 0.5) is 24.9 Å². The van der Waals surface area contributed by atoms with Crippen molar-refractivity contribution in [1.82, 2.24) is 34.9 Å². The maximum atomic E-state index is 13.9. The van der Waals surface area contributed by atoms with Crippen molar-refractivity contribution in [2.45, 2.75) is 68.1 Å². The molecule has 2 fully saturated rings. The van der Waals surface area contributed by atoms with Gasteiger partial charge < -0.3 is 10.1 Å². The summed E-state index contributed by atoms with van der Waals surface area (Å²) in [5.74, 6) is 0.748. The minimum Gasteiger partial charge on any atom is -0.467 e. The molecule has 17 heteroatoms. The van der Waals surface area contributed by atoms with E-state index in [-0.39, 0.29) is 40.4 Å². The Kier molecular flexibility index (Phi) is 9.22. The molecular formula is C31H32F3N9O4S. The van der Waals surface area contributed by atoms with E-state index in [2.05, 4.69) is 40.2 Å². The molecule has 2 aliphatic carbocycles. The summed E-state index contributed by atoms with van der Waals surface area (Å²) in [6.07, 6.45) is 10.1. The largest absolute Gasteiger partial charge is 0.467 e. The van der Waals surface area contributed by atoms with E-state index in [0.29, 0.717) is 61.3 Å². The standard InChI is InChI=1S/C31H32F3N9O4S/c1-47-30-39-12-20(13-40-30)25-16-37-26(17-36-25)43(27(44)9-18-3-4-18)22-7-5-21(6-8-22)41-29-38-15-24(31(32,33)34)28(42-29)19-10-23(14-35-11-19)48(2,45)46/h10-18,21-22H,3-9H2,1-2H3,(H,38,41,42). The molecule has 0 spiro atoms. The van der Waals surface area contributed by atoms with Gasteiger partial charge in [-0.3, -0.25) is 19.7 Å². The highest BCUT2D eigenvalue weighted by atomic mass is 32.2. The predicted molar refractivity (Wildman–Crippen MR) is 167 cm³/mol. The number of nitrogens with zero attached hydrogens (tertiary/aromatic N) is 8. The normalized spacial score (nSPS) is 18.3. The number of halogens is 3. The summed E-state index contributed by atoms with van der Waals surface area (Å²) in [6, 6.07) is 0.998. The Morgan fingerprint density at radius 1 is 0.917 bits per heavy atom. The summed E-state index contributed by atoms with van der Waals surface area (Å²) < 4.78 is 70.8. The molecule has 1 N–H and O–H groups in total. The van der Waals surface area contributed by atoms with E-state index < -0.39 is 27.3 Å². The van der Waals surface area contributed by atoms with Gasteiger partial charge in [-0.15, -0.1) is 0 Å². The van der Waals surface area contributed by atoms with Gasteiger partial charge in [0, 0.05) is 66.9 Å². The molecule has 4 heterocycles. The first-order valence-electron chi connectivity index (χ1n) is 15.3. The molecule has 0 unspecified atom stereocenters. The average Bonchev–Trinajstić information content (AvgIpc) is 3.89. The van der Waals surface area contributed by atoms with Crippen molar-refractivity contribution < 1.29 is 31.1 Å². The molecule has 0 aliphatic heterocycles. The van der Waals surface area contributed by atoms with Crippen LogP contribution in [-0.4, -0.2) is 74.7 Å². The molecule has 0 aromatic carbocycles. The predicted octanol–water partition coefficient (Wildman–Crippen LogP) is 4.77. The van der Waals surface area contributed by atoms with Gasteiger partial charge in [-0.25, -0.2) is 33.3 Å². The molecule has 0 radical (unpaired) electrons. The molecule has 0 saturated heterocycles. The van der Waals surface area contributed by atoms with Crippen LogP contribution in [0.3, 0.4) is 0 Å². The average molecular weight is 684 g/mol. The van der Waals surface area contributed by atoms with Gasteiger partial charge in [0.2, 0.25) is 11.9 Å². The lowest BCUT2D eigenvalue weighted by molar-refractivity contribution is -0.137. The Hall–Kier alpha value is -4.80. The van der Waals surface area contributed by atoms with Crippen molar-refractivity contribution in [3.05, 3.63) is 55.0 Å². The molecule has 0 atom stereocenters. The fourth-order valence-corrected chi connectivity index (χ4v) is 6.22. The molecule has 4 aromatic rings. The topological polar surface area (TPSA) is 166 Å². The second kappa shape index (κ2) is 13.4. The molecule has 13 nitrogen and oxygen atoms in total. The molecule has 48 heavy (non-hydrogen) atoms. The Morgan fingerprint density at radius 2 is 1.65 bits per heavy atom. The van der Waals surface area contributed by atoms with Crippen LogP contribution in [-0.2, 0) is 20.8 Å². The van der Waals surface area contributed by atoms with Crippen LogP contribution in [0.1, 0.15) is 50.5 Å². The third-order valence-electron chi connectivity index (χ3n) is 8.32. The quantitative estimate of drug-likeness (QED) is 0.244. The lowest BCUT2D eigenvalue weighted by atomic mass is 9.90. The number of amides is 1. The number of hydrogen-bond acceptors (Lipinski definition) is 12. The van der Waals surface area contributed by atoms with Gasteiger partial charge in [-0.2, -0.15) is 13.2 Å². The summed E-state index contributed by atoms with van der Waals surface area (Å²) in [5, 5.41) is 3.14. The highest BCUT2D eigenvalue weighted by molar-refractivity contribution is 7.90. The van der Waals surface area contributed by atoms with Crippen LogP contribution >= 0.6 is 0 Å². The minimum atomic E-state index is -4.78. The number of alkyl halides is 3. The Morgan fingerprint density at radius 3 is 2.25 bits per heavy atom. The fraction of sp³-hybridized carbons (Fsp3) is 0.419. The number of nitrogens with one attached hydrogen (secondary N) is 1. The van der Waals surface area contributed by atoms with Gasteiger partial charge >= 0.3 is 12.2 Å². The zero-order valence-electron chi connectivity index (χ0n) is 26.1. The SMILES string of the molecule is COc1ncc(-c2cnc(N(C(=O)CC3CC3)C3CCC(Nc4ncc(C(F)(F)F)c(-c5cncc(S(C)(=O)=O)c5)n4)CC3)cn2)cn1. The minimum absolute atomic E-state index is 0.0237. The highest BCUT2D eigenvalue weighted by Gasteiger charge is 2.37. The summed E-state index contributed by atoms with van der Waals surface area (Å²) in [7, 11) is -2.25. The van der Waals surface area contributed by atoms with Gasteiger partial charge in [-0.05, 0) is 50.5 Å². The zero-order chi connectivity index (χ0) is 34.1. The fourth-order valence-electron chi connectivity index (χ4n) is 5.63. The van der Waals surface area contributed by atoms with Crippen LogP contribution in [0.5, 0.6) is 6.01 Å². The van der Waals surface area contributed by atoms with E-state index in [1.807, 2.05) is 0 Å².